The summed E-state index contributed by atoms with van der Waals surface area (Å²) in [6.07, 6.45) is 0.664. The highest BCUT2D eigenvalue weighted by atomic mass is 127. The predicted octanol–water partition coefficient (Wildman–Crippen LogP) is 3.40. The van der Waals surface area contributed by atoms with Crippen molar-refractivity contribution in [2.24, 2.45) is 0 Å². The number of hydrogen-bond donors (Lipinski definition) is 1. The quantitative estimate of drug-likeness (QED) is 0.665. The minimum atomic E-state index is -0.494. The van der Waals surface area contributed by atoms with E-state index < -0.39 is 5.97 Å². The van der Waals surface area contributed by atoms with Crippen molar-refractivity contribution in [1.29, 1.82) is 0 Å². The van der Waals surface area contributed by atoms with Gasteiger partial charge >= 0.3 is 5.97 Å². The third kappa shape index (κ3) is 3.96. The van der Waals surface area contributed by atoms with Crippen molar-refractivity contribution >= 4 is 28.6 Å². The molecule has 0 aliphatic rings. The summed E-state index contributed by atoms with van der Waals surface area (Å²) in [7, 11) is 0. The van der Waals surface area contributed by atoms with Crippen LogP contribution in [-0.4, -0.2) is 17.7 Å². The first kappa shape index (κ1) is 13.9. The van der Waals surface area contributed by atoms with Gasteiger partial charge in [-0.1, -0.05) is 30.3 Å². The van der Waals surface area contributed by atoms with Gasteiger partial charge in [-0.15, -0.1) is 0 Å². The first-order chi connectivity index (χ1) is 9.16. The molecule has 0 bridgehead atoms. The zero-order valence-corrected chi connectivity index (χ0v) is 12.3. The maximum absolute atomic E-state index is 11.8. The largest absolute Gasteiger partial charge is 0.507 e. The van der Waals surface area contributed by atoms with Gasteiger partial charge in [-0.3, -0.25) is 0 Å². The molecule has 2 aromatic carbocycles. The van der Waals surface area contributed by atoms with Gasteiger partial charge in [-0.25, -0.2) is 4.79 Å². The Morgan fingerprint density at radius 3 is 2.63 bits per heavy atom. The van der Waals surface area contributed by atoms with E-state index in [-0.39, 0.29) is 11.3 Å². The Balaban J connectivity index is 1.93. The molecular weight excluding hydrogens is 355 g/mol. The van der Waals surface area contributed by atoms with Crippen molar-refractivity contribution in [3.8, 4) is 5.75 Å². The summed E-state index contributed by atoms with van der Waals surface area (Å²) in [5, 5.41) is 9.62. The third-order valence-corrected chi connectivity index (χ3v) is 3.32. The van der Waals surface area contributed by atoms with E-state index in [4.69, 9.17) is 4.74 Å². The van der Waals surface area contributed by atoms with Crippen LogP contribution in [0, 0.1) is 3.57 Å². The fourth-order valence-corrected chi connectivity index (χ4v) is 2.15. The Bertz CT molecular complexity index is 567. The molecule has 0 saturated heterocycles. The van der Waals surface area contributed by atoms with Crippen LogP contribution in [0.1, 0.15) is 15.9 Å². The molecule has 0 spiro atoms. The first-order valence-electron chi connectivity index (χ1n) is 5.86. The zero-order chi connectivity index (χ0) is 13.7. The number of ether oxygens (including phenoxy) is 1. The van der Waals surface area contributed by atoms with E-state index in [1.54, 1.807) is 12.1 Å². The van der Waals surface area contributed by atoms with Gasteiger partial charge in [0.25, 0.3) is 0 Å². The highest BCUT2D eigenvalue weighted by molar-refractivity contribution is 14.1. The number of benzene rings is 2. The molecule has 4 heteroatoms. The molecule has 0 radical (unpaired) electrons. The van der Waals surface area contributed by atoms with Gasteiger partial charge < -0.3 is 9.84 Å². The number of hydrogen-bond acceptors (Lipinski definition) is 3. The van der Waals surface area contributed by atoms with Crippen LogP contribution in [0.25, 0.3) is 0 Å². The molecule has 0 aliphatic heterocycles. The SMILES string of the molecule is O=C(OCCc1ccccc1)c1cc(I)ccc1O. The maximum Gasteiger partial charge on any atom is 0.341 e. The maximum atomic E-state index is 11.8. The molecular formula is C15H13IO3. The Morgan fingerprint density at radius 1 is 1.16 bits per heavy atom. The Kier molecular flexibility index (Phi) is 4.79. The van der Waals surface area contributed by atoms with E-state index in [2.05, 4.69) is 22.6 Å². The first-order valence-corrected chi connectivity index (χ1v) is 6.94. The minimum absolute atomic E-state index is 0.0508. The van der Waals surface area contributed by atoms with Crippen LogP contribution in [0.4, 0.5) is 0 Å². The Hall–Kier alpha value is -1.56. The number of carbonyl (C=O) groups excluding carboxylic acids is 1. The second-order valence-corrected chi connectivity index (χ2v) is 5.28. The fraction of sp³-hybridized carbons (Fsp3) is 0.133. The molecule has 0 fully saturated rings. The van der Waals surface area contributed by atoms with Crippen molar-refractivity contribution in [2.75, 3.05) is 6.61 Å². The Labute approximate surface area is 125 Å². The lowest BCUT2D eigenvalue weighted by atomic mass is 10.2. The lowest BCUT2D eigenvalue weighted by molar-refractivity contribution is 0.0506. The van der Waals surface area contributed by atoms with Crippen LogP contribution < -0.4 is 0 Å². The number of esters is 1. The van der Waals surface area contributed by atoms with Crippen LogP contribution >= 0.6 is 22.6 Å². The van der Waals surface area contributed by atoms with Gasteiger partial charge in [0, 0.05) is 9.99 Å². The molecule has 0 amide bonds. The van der Waals surface area contributed by atoms with Gasteiger partial charge in [-0.2, -0.15) is 0 Å². The normalized spacial score (nSPS) is 10.2. The second kappa shape index (κ2) is 6.56. The van der Waals surface area contributed by atoms with Gasteiger partial charge in [0.2, 0.25) is 0 Å². The highest BCUT2D eigenvalue weighted by Crippen LogP contribution is 2.20. The van der Waals surface area contributed by atoms with E-state index >= 15 is 0 Å². The van der Waals surface area contributed by atoms with Crippen LogP contribution in [0.3, 0.4) is 0 Å². The van der Waals surface area contributed by atoms with Crippen molar-refractivity contribution in [1.82, 2.24) is 0 Å². The molecule has 0 atom stereocenters. The number of phenols is 1. The summed E-state index contributed by atoms with van der Waals surface area (Å²) in [5.41, 5.74) is 1.32. The molecule has 0 unspecified atom stereocenters. The average molecular weight is 368 g/mol. The highest BCUT2D eigenvalue weighted by Gasteiger charge is 2.12. The van der Waals surface area contributed by atoms with E-state index in [0.717, 1.165) is 9.13 Å². The molecule has 2 aromatic rings. The molecule has 1 N–H and O–H groups in total. The third-order valence-electron chi connectivity index (χ3n) is 2.65. The minimum Gasteiger partial charge on any atom is -0.507 e. The molecule has 0 saturated carbocycles. The summed E-state index contributed by atoms with van der Waals surface area (Å²) in [6, 6.07) is 14.6. The van der Waals surface area contributed by atoms with Crippen molar-refractivity contribution in [3.63, 3.8) is 0 Å². The number of halogens is 1. The lowest BCUT2D eigenvalue weighted by Crippen LogP contribution is -2.08. The lowest BCUT2D eigenvalue weighted by Gasteiger charge is -2.07. The molecule has 3 nitrogen and oxygen atoms in total. The monoisotopic (exact) mass is 368 g/mol. The number of phenolic OH excluding ortho intramolecular Hbond substituents is 1. The molecule has 0 aliphatic carbocycles. The molecule has 0 aromatic heterocycles. The second-order valence-electron chi connectivity index (χ2n) is 4.03. The fourth-order valence-electron chi connectivity index (χ4n) is 1.66. The summed E-state index contributed by atoms with van der Waals surface area (Å²) >= 11 is 2.08. The topological polar surface area (TPSA) is 46.5 Å². The van der Waals surface area contributed by atoms with E-state index in [9.17, 15) is 9.90 Å². The van der Waals surface area contributed by atoms with E-state index in [1.165, 1.54) is 6.07 Å². The summed E-state index contributed by atoms with van der Waals surface area (Å²) in [6.45, 7) is 0.299. The molecule has 2 rings (SSSR count). The Morgan fingerprint density at radius 2 is 1.89 bits per heavy atom. The smallest absolute Gasteiger partial charge is 0.341 e. The van der Waals surface area contributed by atoms with Crippen molar-refractivity contribution in [3.05, 3.63) is 63.2 Å². The number of rotatable bonds is 4. The molecule has 19 heavy (non-hydrogen) atoms. The van der Waals surface area contributed by atoms with Crippen LogP contribution in [-0.2, 0) is 11.2 Å². The van der Waals surface area contributed by atoms with Gasteiger partial charge in [0.05, 0.1) is 6.61 Å². The standard InChI is InChI=1S/C15H13IO3/c16-12-6-7-14(17)13(10-12)15(18)19-9-8-11-4-2-1-3-5-11/h1-7,10,17H,8-9H2. The molecule has 0 heterocycles. The number of carbonyl (C=O) groups is 1. The summed E-state index contributed by atoms with van der Waals surface area (Å²) < 4.78 is 6.05. The van der Waals surface area contributed by atoms with E-state index in [0.29, 0.717) is 13.0 Å². The van der Waals surface area contributed by atoms with E-state index in [1.807, 2.05) is 30.3 Å². The van der Waals surface area contributed by atoms with Crippen LogP contribution in [0.2, 0.25) is 0 Å². The van der Waals surface area contributed by atoms with Gasteiger partial charge in [0.15, 0.2) is 0 Å². The summed E-state index contributed by atoms with van der Waals surface area (Å²) in [4.78, 5) is 11.8. The average Bonchev–Trinajstić information content (AvgIpc) is 2.42. The number of aromatic hydroxyl groups is 1. The van der Waals surface area contributed by atoms with Crippen molar-refractivity contribution in [2.45, 2.75) is 6.42 Å². The van der Waals surface area contributed by atoms with Crippen LogP contribution in [0.15, 0.2) is 48.5 Å². The predicted molar refractivity (Wildman–Crippen MR) is 81.3 cm³/mol. The van der Waals surface area contributed by atoms with Crippen molar-refractivity contribution < 1.29 is 14.6 Å². The summed E-state index contributed by atoms with van der Waals surface area (Å²) in [5.74, 6) is -0.544. The van der Waals surface area contributed by atoms with Crippen LogP contribution in [0.5, 0.6) is 5.75 Å². The van der Waals surface area contributed by atoms with Gasteiger partial charge in [0.1, 0.15) is 11.3 Å². The molecule has 98 valence electrons. The zero-order valence-electron chi connectivity index (χ0n) is 10.2. The van der Waals surface area contributed by atoms with Gasteiger partial charge in [-0.05, 0) is 46.4 Å².